The van der Waals surface area contributed by atoms with E-state index >= 15 is 0 Å². The maximum Gasteiger partial charge on any atom is 0.00926 e. The summed E-state index contributed by atoms with van der Waals surface area (Å²) < 4.78 is 0. The lowest BCUT2D eigenvalue weighted by atomic mass is 10.00. The fourth-order valence-corrected chi connectivity index (χ4v) is 2.28. The molecule has 1 fully saturated rings. The van der Waals surface area contributed by atoms with Crippen LogP contribution in [0, 0.1) is 0 Å². The molecule has 1 heterocycles. The topological polar surface area (TPSA) is 29.3 Å². The molecule has 2 heteroatoms. The average molecular weight is 184 g/mol. The molecule has 0 radical (unpaired) electrons. The van der Waals surface area contributed by atoms with Crippen LogP contribution in [0.4, 0.5) is 0 Å². The fraction of sp³-hybridized carbons (Fsp3) is 1.00. The first kappa shape index (κ1) is 11.0. The molecule has 0 unspecified atom stereocenters. The van der Waals surface area contributed by atoms with Crippen LogP contribution in [-0.4, -0.2) is 30.6 Å². The van der Waals surface area contributed by atoms with Crippen molar-refractivity contribution in [2.75, 3.05) is 19.6 Å². The van der Waals surface area contributed by atoms with Gasteiger partial charge in [0, 0.05) is 6.04 Å². The van der Waals surface area contributed by atoms with Gasteiger partial charge in [0.05, 0.1) is 0 Å². The van der Waals surface area contributed by atoms with Crippen LogP contribution in [-0.2, 0) is 0 Å². The van der Waals surface area contributed by atoms with Gasteiger partial charge in [0.2, 0.25) is 0 Å². The Hall–Kier alpha value is -0.0800. The normalized spacial score (nSPS) is 24.9. The summed E-state index contributed by atoms with van der Waals surface area (Å²) in [6, 6.07) is 0.867. The third-order valence-electron chi connectivity index (χ3n) is 3.12. The van der Waals surface area contributed by atoms with E-state index in [1.165, 1.54) is 51.6 Å². The SMILES string of the molecule is CC[C@H]1CCCCN1CCCCN. The van der Waals surface area contributed by atoms with Crippen LogP contribution in [0.25, 0.3) is 0 Å². The lowest BCUT2D eigenvalue weighted by Gasteiger charge is -2.35. The Morgan fingerprint density at radius 1 is 1.31 bits per heavy atom. The van der Waals surface area contributed by atoms with E-state index < -0.39 is 0 Å². The number of likely N-dealkylation sites (tertiary alicyclic amines) is 1. The van der Waals surface area contributed by atoms with Crippen molar-refractivity contribution in [2.24, 2.45) is 5.73 Å². The zero-order chi connectivity index (χ0) is 9.52. The molecule has 0 aromatic carbocycles. The van der Waals surface area contributed by atoms with E-state index in [9.17, 15) is 0 Å². The third-order valence-corrected chi connectivity index (χ3v) is 3.12. The van der Waals surface area contributed by atoms with Crippen molar-refractivity contribution in [3.05, 3.63) is 0 Å². The molecule has 1 saturated heterocycles. The van der Waals surface area contributed by atoms with Gasteiger partial charge in [0.1, 0.15) is 0 Å². The van der Waals surface area contributed by atoms with Crippen molar-refractivity contribution >= 4 is 0 Å². The lowest BCUT2D eigenvalue weighted by Crippen LogP contribution is -2.39. The van der Waals surface area contributed by atoms with E-state index in [-0.39, 0.29) is 0 Å². The molecule has 0 amide bonds. The highest BCUT2D eigenvalue weighted by Gasteiger charge is 2.19. The van der Waals surface area contributed by atoms with Crippen LogP contribution in [0.15, 0.2) is 0 Å². The maximum absolute atomic E-state index is 5.49. The summed E-state index contributed by atoms with van der Waals surface area (Å²) in [5.74, 6) is 0. The Labute approximate surface area is 82.5 Å². The Morgan fingerprint density at radius 3 is 2.85 bits per heavy atom. The second kappa shape index (κ2) is 6.39. The molecule has 1 atom stereocenters. The molecule has 1 aliphatic heterocycles. The van der Waals surface area contributed by atoms with Crippen LogP contribution in [0.1, 0.15) is 45.4 Å². The van der Waals surface area contributed by atoms with Gasteiger partial charge in [-0.25, -0.2) is 0 Å². The van der Waals surface area contributed by atoms with Crippen molar-refractivity contribution in [3.8, 4) is 0 Å². The fourth-order valence-electron chi connectivity index (χ4n) is 2.28. The van der Waals surface area contributed by atoms with E-state index in [1.807, 2.05) is 0 Å². The van der Waals surface area contributed by atoms with Crippen molar-refractivity contribution in [2.45, 2.75) is 51.5 Å². The van der Waals surface area contributed by atoms with Crippen LogP contribution in [0.3, 0.4) is 0 Å². The summed E-state index contributed by atoms with van der Waals surface area (Å²) in [5, 5.41) is 0. The molecule has 1 rings (SSSR count). The van der Waals surface area contributed by atoms with Crippen molar-refractivity contribution in [3.63, 3.8) is 0 Å². The van der Waals surface area contributed by atoms with Gasteiger partial charge in [-0.1, -0.05) is 13.3 Å². The molecule has 0 aromatic rings. The number of rotatable bonds is 5. The van der Waals surface area contributed by atoms with E-state index in [1.54, 1.807) is 0 Å². The van der Waals surface area contributed by atoms with Crippen molar-refractivity contribution < 1.29 is 0 Å². The minimum absolute atomic E-state index is 0.852. The molecule has 0 aliphatic carbocycles. The summed E-state index contributed by atoms with van der Waals surface area (Å²) in [6.45, 7) is 5.76. The van der Waals surface area contributed by atoms with E-state index in [4.69, 9.17) is 5.73 Å². The van der Waals surface area contributed by atoms with E-state index in [0.717, 1.165) is 12.6 Å². The molecule has 0 bridgehead atoms. The average Bonchev–Trinajstić information content (AvgIpc) is 2.19. The Kier molecular flexibility index (Phi) is 5.40. The highest BCUT2D eigenvalue weighted by Crippen LogP contribution is 2.19. The second-order valence-corrected chi connectivity index (χ2v) is 4.09. The highest BCUT2D eigenvalue weighted by molar-refractivity contribution is 4.75. The van der Waals surface area contributed by atoms with Gasteiger partial charge in [0.15, 0.2) is 0 Å². The zero-order valence-electron chi connectivity index (χ0n) is 8.97. The molecular weight excluding hydrogens is 160 g/mol. The van der Waals surface area contributed by atoms with Crippen LogP contribution in [0.5, 0.6) is 0 Å². The second-order valence-electron chi connectivity index (χ2n) is 4.09. The summed E-state index contributed by atoms with van der Waals surface area (Å²) in [5.41, 5.74) is 5.49. The molecule has 13 heavy (non-hydrogen) atoms. The molecule has 0 aromatic heterocycles. The first-order chi connectivity index (χ1) is 6.38. The largest absolute Gasteiger partial charge is 0.330 e. The van der Waals surface area contributed by atoms with Crippen molar-refractivity contribution in [1.29, 1.82) is 0 Å². The van der Waals surface area contributed by atoms with Crippen LogP contribution >= 0.6 is 0 Å². The predicted molar refractivity (Wildman–Crippen MR) is 57.8 cm³/mol. The standard InChI is InChI=1S/C11H24N2/c1-2-11-7-3-5-9-13(11)10-6-4-8-12/h11H,2-10,12H2,1H3/t11-/m0/s1. The molecule has 78 valence electrons. The lowest BCUT2D eigenvalue weighted by molar-refractivity contribution is 0.142. The zero-order valence-corrected chi connectivity index (χ0v) is 8.97. The first-order valence-electron chi connectivity index (χ1n) is 5.82. The minimum atomic E-state index is 0.852. The number of unbranched alkanes of at least 4 members (excludes halogenated alkanes) is 1. The first-order valence-corrected chi connectivity index (χ1v) is 5.82. The monoisotopic (exact) mass is 184 g/mol. The van der Waals surface area contributed by atoms with Gasteiger partial charge in [-0.2, -0.15) is 0 Å². The minimum Gasteiger partial charge on any atom is -0.330 e. The van der Waals surface area contributed by atoms with Gasteiger partial charge in [0.25, 0.3) is 0 Å². The Balaban J connectivity index is 2.19. The van der Waals surface area contributed by atoms with E-state index in [2.05, 4.69) is 11.8 Å². The smallest absolute Gasteiger partial charge is 0.00926 e. The summed E-state index contributed by atoms with van der Waals surface area (Å²) in [6.07, 6.45) is 8.05. The molecular formula is C11H24N2. The van der Waals surface area contributed by atoms with Crippen LogP contribution < -0.4 is 5.73 Å². The van der Waals surface area contributed by atoms with Gasteiger partial charge in [-0.3, -0.25) is 0 Å². The highest BCUT2D eigenvalue weighted by atomic mass is 15.2. The molecule has 0 spiro atoms. The number of hydrogen-bond donors (Lipinski definition) is 1. The Morgan fingerprint density at radius 2 is 2.15 bits per heavy atom. The van der Waals surface area contributed by atoms with Gasteiger partial charge in [-0.05, 0) is 51.7 Å². The quantitative estimate of drug-likeness (QED) is 0.662. The summed E-state index contributed by atoms with van der Waals surface area (Å²) in [4.78, 5) is 2.67. The summed E-state index contributed by atoms with van der Waals surface area (Å²) in [7, 11) is 0. The maximum atomic E-state index is 5.49. The molecule has 2 nitrogen and oxygen atoms in total. The van der Waals surface area contributed by atoms with Gasteiger partial charge < -0.3 is 10.6 Å². The third kappa shape index (κ3) is 3.65. The number of piperidine rings is 1. The molecule has 2 N–H and O–H groups in total. The number of nitrogens with zero attached hydrogens (tertiary/aromatic N) is 1. The number of hydrogen-bond acceptors (Lipinski definition) is 2. The summed E-state index contributed by atoms with van der Waals surface area (Å²) >= 11 is 0. The molecule has 1 aliphatic rings. The predicted octanol–water partition coefficient (Wildman–Crippen LogP) is 1.99. The Bertz CT molecular complexity index is 125. The van der Waals surface area contributed by atoms with Crippen LogP contribution in [0.2, 0.25) is 0 Å². The molecule has 0 saturated carbocycles. The van der Waals surface area contributed by atoms with Gasteiger partial charge >= 0.3 is 0 Å². The van der Waals surface area contributed by atoms with E-state index in [0.29, 0.717) is 0 Å². The van der Waals surface area contributed by atoms with Gasteiger partial charge in [-0.15, -0.1) is 0 Å². The number of nitrogens with two attached hydrogens (primary N) is 1. The van der Waals surface area contributed by atoms with Crippen molar-refractivity contribution in [1.82, 2.24) is 4.90 Å².